The predicted octanol–water partition coefficient (Wildman–Crippen LogP) is 2.12. The lowest BCUT2D eigenvalue weighted by atomic mass is 9.94. The summed E-state index contributed by atoms with van der Waals surface area (Å²) in [6.45, 7) is 4.04. The minimum absolute atomic E-state index is 0.738. The number of aromatic nitrogens is 2. The maximum atomic E-state index is 5.60. The summed E-state index contributed by atoms with van der Waals surface area (Å²) in [5, 5.41) is 0. The highest BCUT2D eigenvalue weighted by molar-refractivity contribution is 9.10. The van der Waals surface area contributed by atoms with E-state index >= 15 is 0 Å². The summed E-state index contributed by atoms with van der Waals surface area (Å²) in [4.78, 5) is 4.68. The molecule has 0 aromatic carbocycles. The Morgan fingerprint density at radius 3 is 3.07 bits per heavy atom. The smallest absolute Gasteiger partial charge is 0.110 e. The largest absolute Gasteiger partial charge is 0.330 e. The van der Waals surface area contributed by atoms with Gasteiger partial charge in [-0.3, -0.25) is 0 Å². The second-order valence-electron chi connectivity index (χ2n) is 4.21. The van der Waals surface area contributed by atoms with Crippen LogP contribution in [0.1, 0.15) is 31.3 Å². The van der Waals surface area contributed by atoms with Crippen molar-refractivity contribution in [2.75, 3.05) is 6.54 Å². The summed E-state index contributed by atoms with van der Waals surface area (Å²) in [5.41, 5.74) is 6.80. The first-order valence-electron chi connectivity index (χ1n) is 5.70. The van der Waals surface area contributed by atoms with Crippen LogP contribution in [0, 0.1) is 5.92 Å². The maximum Gasteiger partial charge on any atom is 0.110 e. The first kappa shape index (κ1) is 11.1. The molecule has 1 aliphatic rings. The van der Waals surface area contributed by atoms with E-state index in [-0.39, 0.29) is 0 Å². The molecule has 0 radical (unpaired) electrons. The fourth-order valence-electron chi connectivity index (χ4n) is 2.29. The number of halogens is 1. The lowest BCUT2D eigenvalue weighted by molar-refractivity contribution is 0.363. The Balaban J connectivity index is 2.19. The maximum absolute atomic E-state index is 5.60. The molecule has 0 fully saturated rings. The van der Waals surface area contributed by atoms with Gasteiger partial charge in [0.15, 0.2) is 0 Å². The third-order valence-electron chi connectivity index (χ3n) is 3.19. The van der Waals surface area contributed by atoms with Gasteiger partial charge in [0.2, 0.25) is 0 Å². The third-order valence-corrected chi connectivity index (χ3v) is 4.08. The summed E-state index contributed by atoms with van der Waals surface area (Å²) >= 11 is 3.63. The van der Waals surface area contributed by atoms with Crippen molar-refractivity contribution < 1.29 is 0 Å². The van der Waals surface area contributed by atoms with Gasteiger partial charge in [0.05, 0.1) is 5.69 Å². The van der Waals surface area contributed by atoms with Crippen LogP contribution in [0.4, 0.5) is 0 Å². The molecule has 1 aromatic rings. The quantitative estimate of drug-likeness (QED) is 0.916. The molecule has 1 aromatic heterocycles. The normalized spacial score (nSPS) is 20.3. The standard InChI is InChI=1S/C11H18BrN3/c1-2-9-11(12)15-6-4-8(3-5-13)7-10(15)14-9/h8H,2-7,13H2,1H3. The molecule has 1 unspecified atom stereocenters. The molecule has 2 rings (SSSR count). The van der Waals surface area contributed by atoms with Crippen molar-refractivity contribution in [3.63, 3.8) is 0 Å². The lowest BCUT2D eigenvalue weighted by Gasteiger charge is -2.23. The molecule has 1 atom stereocenters. The van der Waals surface area contributed by atoms with E-state index in [1.807, 2.05) is 0 Å². The van der Waals surface area contributed by atoms with Crippen LogP contribution in [-0.4, -0.2) is 16.1 Å². The number of aryl methyl sites for hydroxylation is 1. The van der Waals surface area contributed by atoms with Crippen LogP contribution in [0.5, 0.6) is 0 Å². The van der Waals surface area contributed by atoms with E-state index in [2.05, 4.69) is 32.4 Å². The average molecular weight is 272 g/mol. The minimum atomic E-state index is 0.738. The van der Waals surface area contributed by atoms with Crippen molar-refractivity contribution in [3.05, 3.63) is 16.1 Å². The van der Waals surface area contributed by atoms with Crippen molar-refractivity contribution in [1.29, 1.82) is 0 Å². The fourth-order valence-corrected chi connectivity index (χ4v) is 3.04. The second kappa shape index (κ2) is 4.66. The van der Waals surface area contributed by atoms with Gasteiger partial charge in [-0.15, -0.1) is 0 Å². The molecule has 0 saturated carbocycles. The Bertz CT molecular complexity index is 346. The van der Waals surface area contributed by atoms with Crippen LogP contribution in [0.25, 0.3) is 0 Å². The highest BCUT2D eigenvalue weighted by atomic mass is 79.9. The number of fused-ring (bicyclic) bond motifs is 1. The first-order valence-corrected chi connectivity index (χ1v) is 6.49. The van der Waals surface area contributed by atoms with Crippen molar-refractivity contribution >= 4 is 15.9 Å². The summed E-state index contributed by atoms with van der Waals surface area (Å²) in [7, 11) is 0. The molecule has 0 bridgehead atoms. The molecule has 4 heteroatoms. The molecular formula is C11H18BrN3. The number of nitrogens with two attached hydrogens (primary N) is 1. The minimum Gasteiger partial charge on any atom is -0.330 e. The molecule has 84 valence electrons. The van der Waals surface area contributed by atoms with Gasteiger partial charge in [-0.1, -0.05) is 6.92 Å². The zero-order valence-corrected chi connectivity index (χ0v) is 10.8. The number of imidazole rings is 1. The summed E-state index contributed by atoms with van der Waals surface area (Å²) < 4.78 is 3.50. The molecule has 15 heavy (non-hydrogen) atoms. The number of hydrogen-bond donors (Lipinski definition) is 1. The highest BCUT2D eigenvalue weighted by Crippen LogP contribution is 2.28. The molecule has 1 aliphatic heterocycles. The van der Waals surface area contributed by atoms with E-state index in [0.717, 1.165) is 38.3 Å². The van der Waals surface area contributed by atoms with E-state index in [1.54, 1.807) is 0 Å². The molecule has 0 aliphatic carbocycles. The van der Waals surface area contributed by atoms with Gasteiger partial charge >= 0.3 is 0 Å². The SMILES string of the molecule is CCc1nc2n(c1Br)CCC(CCN)C2. The second-order valence-corrected chi connectivity index (χ2v) is 4.96. The van der Waals surface area contributed by atoms with E-state index in [1.165, 1.54) is 22.5 Å². The number of hydrogen-bond acceptors (Lipinski definition) is 2. The fraction of sp³-hybridized carbons (Fsp3) is 0.727. The molecule has 2 heterocycles. The Hall–Kier alpha value is -0.350. The average Bonchev–Trinajstić information content (AvgIpc) is 2.56. The Morgan fingerprint density at radius 1 is 1.60 bits per heavy atom. The van der Waals surface area contributed by atoms with Gasteiger partial charge in [0.1, 0.15) is 10.4 Å². The van der Waals surface area contributed by atoms with Gasteiger partial charge in [-0.2, -0.15) is 0 Å². The highest BCUT2D eigenvalue weighted by Gasteiger charge is 2.22. The van der Waals surface area contributed by atoms with Crippen LogP contribution >= 0.6 is 15.9 Å². The monoisotopic (exact) mass is 271 g/mol. The van der Waals surface area contributed by atoms with E-state index < -0.39 is 0 Å². The number of nitrogens with zero attached hydrogens (tertiary/aromatic N) is 2. The predicted molar refractivity (Wildman–Crippen MR) is 64.8 cm³/mol. The summed E-state index contributed by atoms with van der Waals surface area (Å²) in [6.07, 6.45) is 4.46. The molecule has 2 N–H and O–H groups in total. The third kappa shape index (κ3) is 2.11. The van der Waals surface area contributed by atoms with Crippen molar-refractivity contribution in [2.24, 2.45) is 11.7 Å². The lowest BCUT2D eigenvalue weighted by Crippen LogP contribution is -2.21. The van der Waals surface area contributed by atoms with Gasteiger partial charge in [-0.05, 0) is 47.7 Å². The van der Waals surface area contributed by atoms with Crippen molar-refractivity contribution in [3.8, 4) is 0 Å². The zero-order valence-electron chi connectivity index (χ0n) is 9.17. The van der Waals surface area contributed by atoms with E-state index in [9.17, 15) is 0 Å². The molecule has 0 spiro atoms. The van der Waals surface area contributed by atoms with Crippen molar-refractivity contribution in [2.45, 2.75) is 39.2 Å². The van der Waals surface area contributed by atoms with Crippen LogP contribution in [-0.2, 0) is 19.4 Å². The molecular weight excluding hydrogens is 254 g/mol. The number of rotatable bonds is 3. The summed E-state index contributed by atoms with van der Waals surface area (Å²) in [6, 6.07) is 0. The Labute approximate surface area is 99.2 Å². The van der Waals surface area contributed by atoms with Gasteiger partial charge < -0.3 is 10.3 Å². The topological polar surface area (TPSA) is 43.8 Å². The van der Waals surface area contributed by atoms with E-state index in [4.69, 9.17) is 5.73 Å². The Kier molecular flexibility index (Phi) is 3.46. The zero-order chi connectivity index (χ0) is 10.8. The molecule has 0 amide bonds. The molecule has 0 saturated heterocycles. The van der Waals surface area contributed by atoms with E-state index in [0.29, 0.717) is 0 Å². The first-order chi connectivity index (χ1) is 7.26. The van der Waals surface area contributed by atoms with Gasteiger partial charge in [0.25, 0.3) is 0 Å². The Morgan fingerprint density at radius 2 is 2.40 bits per heavy atom. The van der Waals surface area contributed by atoms with Gasteiger partial charge in [-0.25, -0.2) is 4.98 Å². The van der Waals surface area contributed by atoms with Crippen molar-refractivity contribution in [1.82, 2.24) is 9.55 Å². The van der Waals surface area contributed by atoms with Crippen LogP contribution < -0.4 is 5.73 Å². The van der Waals surface area contributed by atoms with Crippen LogP contribution in [0.15, 0.2) is 4.60 Å². The van der Waals surface area contributed by atoms with Gasteiger partial charge in [0, 0.05) is 13.0 Å². The van der Waals surface area contributed by atoms with Crippen LogP contribution in [0.2, 0.25) is 0 Å². The van der Waals surface area contributed by atoms with Crippen LogP contribution in [0.3, 0.4) is 0 Å². The summed E-state index contributed by atoms with van der Waals surface area (Å²) in [5.74, 6) is 1.98. The molecule has 3 nitrogen and oxygen atoms in total.